The highest BCUT2D eigenvalue weighted by atomic mass is 19.1. The minimum absolute atomic E-state index is 0.0137. The van der Waals surface area contributed by atoms with Crippen LogP contribution in [0.2, 0.25) is 0 Å². The summed E-state index contributed by atoms with van der Waals surface area (Å²) in [5.74, 6) is -0.944. The van der Waals surface area contributed by atoms with E-state index in [1.165, 1.54) is 0 Å². The van der Waals surface area contributed by atoms with E-state index in [2.05, 4.69) is 0 Å². The summed E-state index contributed by atoms with van der Waals surface area (Å²) < 4.78 is 20.2. The molecular formula is C13H15FN2O4. The third-order valence-corrected chi connectivity index (χ3v) is 4.07. The molecule has 0 bridgehead atoms. The smallest absolute Gasteiger partial charge is 0.330 e. The SMILES string of the molecule is O=c1[nH]c(=O)n([C@@H]2O[C@H](CO)[C@H]3CC=CC[C@H]32)cc1F. The van der Waals surface area contributed by atoms with Crippen molar-refractivity contribution in [2.24, 2.45) is 11.8 Å². The molecule has 0 unspecified atom stereocenters. The second-order valence-electron chi connectivity index (χ2n) is 5.16. The number of halogens is 1. The van der Waals surface area contributed by atoms with Gasteiger partial charge < -0.3 is 9.84 Å². The molecule has 0 amide bonds. The van der Waals surface area contributed by atoms with Gasteiger partial charge in [0.15, 0.2) is 0 Å². The van der Waals surface area contributed by atoms with Gasteiger partial charge in [-0.05, 0) is 18.8 Å². The van der Waals surface area contributed by atoms with Gasteiger partial charge in [0, 0.05) is 5.92 Å². The van der Waals surface area contributed by atoms with Gasteiger partial charge >= 0.3 is 5.69 Å². The molecule has 2 aliphatic rings. The van der Waals surface area contributed by atoms with Crippen LogP contribution in [0.4, 0.5) is 4.39 Å². The van der Waals surface area contributed by atoms with Gasteiger partial charge in [-0.2, -0.15) is 4.39 Å². The Kier molecular flexibility index (Phi) is 3.31. The first kappa shape index (κ1) is 13.3. The van der Waals surface area contributed by atoms with Crippen LogP contribution >= 0.6 is 0 Å². The zero-order valence-corrected chi connectivity index (χ0v) is 10.7. The monoisotopic (exact) mass is 282 g/mol. The fourth-order valence-electron chi connectivity index (χ4n) is 3.09. The van der Waals surface area contributed by atoms with E-state index in [9.17, 15) is 19.1 Å². The zero-order valence-electron chi connectivity index (χ0n) is 10.7. The minimum atomic E-state index is -1.04. The summed E-state index contributed by atoms with van der Waals surface area (Å²) in [4.78, 5) is 24.8. The standard InChI is InChI=1S/C13H15FN2O4/c14-9-5-16(13(19)15-11(9)18)12-8-4-2-1-3-7(8)10(6-17)20-12/h1-2,5,7-8,10,12,17H,3-4,6H2,(H,15,18,19)/t7-,8+,10+,12+/m0/s1. The molecule has 0 spiro atoms. The molecule has 1 aromatic rings. The van der Waals surface area contributed by atoms with E-state index in [0.29, 0.717) is 6.42 Å². The first-order valence-corrected chi connectivity index (χ1v) is 6.54. The van der Waals surface area contributed by atoms with Crippen LogP contribution in [-0.4, -0.2) is 27.4 Å². The van der Waals surface area contributed by atoms with Gasteiger partial charge in [0.25, 0.3) is 5.56 Å². The van der Waals surface area contributed by atoms with E-state index in [4.69, 9.17) is 4.74 Å². The Morgan fingerprint density at radius 1 is 1.35 bits per heavy atom. The van der Waals surface area contributed by atoms with Crippen LogP contribution in [0.25, 0.3) is 0 Å². The fraction of sp³-hybridized carbons (Fsp3) is 0.538. The van der Waals surface area contributed by atoms with Crippen LogP contribution in [-0.2, 0) is 4.74 Å². The maximum atomic E-state index is 13.4. The van der Waals surface area contributed by atoms with Crippen molar-refractivity contribution in [2.75, 3.05) is 6.61 Å². The lowest BCUT2D eigenvalue weighted by Gasteiger charge is -2.25. The zero-order chi connectivity index (χ0) is 14.3. The van der Waals surface area contributed by atoms with Gasteiger partial charge in [0.2, 0.25) is 5.82 Å². The molecule has 3 rings (SSSR count). The Balaban J connectivity index is 2.02. The number of aromatic nitrogens is 2. The third-order valence-electron chi connectivity index (χ3n) is 4.07. The number of rotatable bonds is 2. The van der Waals surface area contributed by atoms with Crippen molar-refractivity contribution in [1.82, 2.24) is 9.55 Å². The fourth-order valence-corrected chi connectivity index (χ4v) is 3.09. The van der Waals surface area contributed by atoms with Crippen LogP contribution in [0.15, 0.2) is 27.9 Å². The van der Waals surface area contributed by atoms with Crippen LogP contribution in [0.1, 0.15) is 19.1 Å². The molecule has 1 aliphatic heterocycles. The highest BCUT2D eigenvalue weighted by Gasteiger charge is 2.45. The van der Waals surface area contributed by atoms with Gasteiger partial charge in [-0.1, -0.05) is 12.2 Å². The molecule has 1 aliphatic carbocycles. The summed E-state index contributed by atoms with van der Waals surface area (Å²) in [6.07, 6.45) is 5.29. The normalized spacial score (nSPS) is 32.3. The number of aliphatic hydroxyl groups is 1. The molecule has 6 nitrogen and oxygen atoms in total. The quantitative estimate of drug-likeness (QED) is 0.756. The first-order chi connectivity index (χ1) is 9.61. The van der Waals surface area contributed by atoms with Gasteiger partial charge in [0.1, 0.15) is 6.23 Å². The maximum absolute atomic E-state index is 13.4. The highest BCUT2D eigenvalue weighted by Crippen LogP contribution is 2.44. The van der Waals surface area contributed by atoms with Crippen LogP contribution in [0.5, 0.6) is 0 Å². The van der Waals surface area contributed by atoms with Gasteiger partial charge in [0.05, 0.1) is 18.9 Å². The van der Waals surface area contributed by atoms with E-state index < -0.39 is 23.3 Å². The molecule has 2 heterocycles. The number of aliphatic hydroxyl groups excluding tert-OH is 1. The molecule has 1 fully saturated rings. The predicted molar refractivity (Wildman–Crippen MR) is 67.6 cm³/mol. The van der Waals surface area contributed by atoms with Crippen LogP contribution in [0.3, 0.4) is 0 Å². The van der Waals surface area contributed by atoms with Crippen molar-refractivity contribution in [3.8, 4) is 0 Å². The van der Waals surface area contributed by atoms with Crippen LogP contribution in [0, 0.1) is 17.7 Å². The Bertz CT molecular complexity index is 651. The molecule has 108 valence electrons. The van der Waals surface area contributed by atoms with Crippen molar-refractivity contribution in [1.29, 1.82) is 0 Å². The first-order valence-electron chi connectivity index (χ1n) is 6.54. The summed E-state index contributed by atoms with van der Waals surface area (Å²) in [5.41, 5.74) is -1.74. The topological polar surface area (TPSA) is 84.3 Å². The summed E-state index contributed by atoms with van der Waals surface area (Å²) >= 11 is 0. The Morgan fingerprint density at radius 3 is 2.75 bits per heavy atom. The van der Waals surface area contributed by atoms with E-state index in [1.807, 2.05) is 17.1 Å². The number of H-pyrrole nitrogens is 1. The number of ether oxygens (including phenoxy) is 1. The molecule has 2 N–H and O–H groups in total. The average Bonchev–Trinajstić information content (AvgIpc) is 2.82. The molecule has 7 heteroatoms. The molecule has 4 atom stereocenters. The number of hydrogen-bond acceptors (Lipinski definition) is 4. The lowest BCUT2D eigenvalue weighted by molar-refractivity contribution is -0.0393. The van der Waals surface area contributed by atoms with E-state index in [-0.39, 0.29) is 24.5 Å². The summed E-state index contributed by atoms with van der Waals surface area (Å²) in [6.45, 7) is -0.147. The van der Waals surface area contributed by atoms with E-state index in [0.717, 1.165) is 17.2 Å². The predicted octanol–water partition coefficient (Wildman–Crippen LogP) is 0.148. The van der Waals surface area contributed by atoms with Crippen molar-refractivity contribution in [3.05, 3.63) is 45.0 Å². The van der Waals surface area contributed by atoms with Crippen molar-refractivity contribution in [3.63, 3.8) is 0 Å². The summed E-state index contributed by atoms with van der Waals surface area (Å²) in [5, 5.41) is 9.37. The molecule has 1 aromatic heterocycles. The average molecular weight is 282 g/mol. The van der Waals surface area contributed by atoms with Crippen molar-refractivity contribution >= 4 is 0 Å². The van der Waals surface area contributed by atoms with E-state index in [1.54, 1.807) is 0 Å². The van der Waals surface area contributed by atoms with Gasteiger partial charge in [-0.3, -0.25) is 14.3 Å². The third kappa shape index (κ3) is 2.03. The number of allylic oxidation sites excluding steroid dienone is 2. The number of nitrogens with one attached hydrogen (secondary N) is 1. The minimum Gasteiger partial charge on any atom is -0.394 e. The van der Waals surface area contributed by atoms with Gasteiger partial charge in [-0.25, -0.2) is 4.79 Å². The molecule has 0 aromatic carbocycles. The number of nitrogens with zero attached hydrogens (tertiary/aromatic N) is 1. The second kappa shape index (κ2) is 4.99. The van der Waals surface area contributed by atoms with Gasteiger partial charge in [-0.15, -0.1) is 0 Å². The molecule has 0 saturated carbocycles. The maximum Gasteiger partial charge on any atom is 0.330 e. The number of hydrogen-bond donors (Lipinski definition) is 2. The molecule has 20 heavy (non-hydrogen) atoms. The number of fused-ring (bicyclic) bond motifs is 1. The number of aromatic amines is 1. The Hall–Kier alpha value is -1.73. The Labute approximate surface area is 113 Å². The lowest BCUT2D eigenvalue weighted by atomic mass is 9.81. The van der Waals surface area contributed by atoms with Crippen molar-refractivity contribution in [2.45, 2.75) is 25.2 Å². The summed E-state index contributed by atoms with van der Waals surface area (Å²) in [7, 11) is 0. The highest BCUT2D eigenvalue weighted by molar-refractivity contribution is 5.03. The molecular weight excluding hydrogens is 267 g/mol. The van der Waals surface area contributed by atoms with Crippen LogP contribution < -0.4 is 11.2 Å². The largest absolute Gasteiger partial charge is 0.394 e. The van der Waals surface area contributed by atoms with E-state index >= 15 is 0 Å². The Morgan fingerprint density at radius 2 is 2.05 bits per heavy atom. The molecule has 0 radical (unpaired) electrons. The van der Waals surface area contributed by atoms with Crippen molar-refractivity contribution < 1.29 is 14.2 Å². The lowest BCUT2D eigenvalue weighted by Crippen LogP contribution is -2.36. The second-order valence-corrected chi connectivity index (χ2v) is 5.16. The summed E-state index contributed by atoms with van der Waals surface area (Å²) in [6, 6.07) is 0. The molecule has 1 saturated heterocycles.